The van der Waals surface area contributed by atoms with Crippen LogP contribution in [0.3, 0.4) is 0 Å². The highest BCUT2D eigenvalue weighted by atomic mass is 14.6. The first-order valence-corrected chi connectivity index (χ1v) is 5.81. The topological polar surface area (TPSA) is 0 Å². The van der Waals surface area contributed by atoms with Gasteiger partial charge in [-0.1, -0.05) is 32.4 Å². The molecule has 13 heavy (non-hydrogen) atoms. The number of allylic oxidation sites excluding steroid dienone is 2. The van der Waals surface area contributed by atoms with Gasteiger partial charge in [-0.25, -0.2) is 0 Å². The fourth-order valence-electron chi connectivity index (χ4n) is 3.98. The molecule has 2 aliphatic carbocycles. The normalized spacial score (nSPS) is 50.2. The third-order valence-electron chi connectivity index (χ3n) is 4.66. The van der Waals surface area contributed by atoms with Crippen molar-refractivity contribution in [1.82, 2.24) is 0 Å². The molecular weight excluding hydrogens is 156 g/mol. The third-order valence-corrected chi connectivity index (χ3v) is 4.66. The highest BCUT2D eigenvalue weighted by molar-refractivity contribution is 5.08. The van der Waals surface area contributed by atoms with Crippen LogP contribution in [-0.2, 0) is 0 Å². The van der Waals surface area contributed by atoms with Crippen molar-refractivity contribution in [3.8, 4) is 0 Å². The molecule has 0 heterocycles. The van der Waals surface area contributed by atoms with Crippen molar-refractivity contribution in [2.45, 2.75) is 46.5 Å². The monoisotopic (exact) mass is 178 g/mol. The molecule has 2 saturated carbocycles. The lowest BCUT2D eigenvalue weighted by atomic mass is 9.75. The molecule has 0 N–H and O–H groups in total. The van der Waals surface area contributed by atoms with Crippen LogP contribution in [0.4, 0.5) is 0 Å². The van der Waals surface area contributed by atoms with Gasteiger partial charge in [0.2, 0.25) is 0 Å². The van der Waals surface area contributed by atoms with Crippen LogP contribution >= 0.6 is 0 Å². The first-order chi connectivity index (χ1) is 6.18. The minimum Gasteiger partial charge on any atom is -0.0914 e. The second kappa shape index (κ2) is 3.15. The summed E-state index contributed by atoms with van der Waals surface area (Å²) in [5.74, 6) is 2.86. The zero-order valence-electron chi connectivity index (χ0n) is 9.22. The molecule has 0 amide bonds. The molecule has 2 aliphatic rings. The number of rotatable bonds is 1. The Morgan fingerprint density at radius 3 is 2.85 bits per heavy atom. The van der Waals surface area contributed by atoms with Gasteiger partial charge in [0.1, 0.15) is 0 Å². The second-order valence-electron chi connectivity index (χ2n) is 5.35. The maximum atomic E-state index is 2.53. The van der Waals surface area contributed by atoms with Crippen LogP contribution < -0.4 is 0 Å². The van der Waals surface area contributed by atoms with E-state index in [0.717, 1.165) is 17.8 Å². The standard InChI is InChI=1S/C13H22/c1-4-6-11-9-10(2)12-7-5-8-13(11,12)3/h4,6,10-12H,5,7-9H2,1-3H3. The van der Waals surface area contributed by atoms with Crippen LogP contribution in [0.2, 0.25) is 0 Å². The Hall–Kier alpha value is -0.260. The summed E-state index contributed by atoms with van der Waals surface area (Å²) in [7, 11) is 0. The van der Waals surface area contributed by atoms with Crippen LogP contribution in [0.1, 0.15) is 46.5 Å². The highest BCUT2D eigenvalue weighted by Gasteiger charge is 2.51. The van der Waals surface area contributed by atoms with Crippen molar-refractivity contribution in [3.63, 3.8) is 0 Å². The molecule has 0 saturated heterocycles. The quantitative estimate of drug-likeness (QED) is 0.532. The average molecular weight is 178 g/mol. The Kier molecular flexibility index (Phi) is 2.25. The van der Waals surface area contributed by atoms with Crippen LogP contribution in [0.5, 0.6) is 0 Å². The van der Waals surface area contributed by atoms with E-state index in [0.29, 0.717) is 5.41 Å². The lowest BCUT2D eigenvalue weighted by Crippen LogP contribution is -2.23. The van der Waals surface area contributed by atoms with Crippen molar-refractivity contribution >= 4 is 0 Å². The van der Waals surface area contributed by atoms with Gasteiger partial charge in [0.25, 0.3) is 0 Å². The summed E-state index contributed by atoms with van der Waals surface area (Å²) in [6, 6.07) is 0. The second-order valence-corrected chi connectivity index (χ2v) is 5.35. The van der Waals surface area contributed by atoms with Crippen molar-refractivity contribution < 1.29 is 0 Å². The van der Waals surface area contributed by atoms with Crippen molar-refractivity contribution in [2.24, 2.45) is 23.2 Å². The van der Waals surface area contributed by atoms with Gasteiger partial charge in [0.15, 0.2) is 0 Å². The zero-order chi connectivity index (χ0) is 9.47. The Bertz CT molecular complexity index is 216. The summed E-state index contributed by atoms with van der Waals surface area (Å²) < 4.78 is 0. The van der Waals surface area contributed by atoms with Gasteiger partial charge >= 0.3 is 0 Å². The highest BCUT2D eigenvalue weighted by Crippen LogP contribution is 2.59. The summed E-state index contributed by atoms with van der Waals surface area (Å²) >= 11 is 0. The zero-order valence-corrected chi connectivity index (χ0v) is 9.22. The molecule has 2 rings (SSSR count). The fourth-order valence-corrected chi connectivity index (χ4v) is 3.98. The minimum absolute atomic E-state index is 0.659. The largest absolute Gasteiger partial charge is 0.0914 e. The lowest BCUT2D eigenvalue weighted by molar-refractivity contribution is 0.211. The minimum atomic E-state index is 0.659. The molecule has 0 aliphatic heterocycles. The van der Waals surface area contributed by atoms with E-state index >= 15 is 0 Å². The number of fused-ring (bicyclic) bond motifs is 1. The Balaban J connectivity index is 2.23. The van der Waals surface area contributed by atoms with Crippen molar-refractivity contribution in [2.75, 3.05) is 0 Å². The summed E-state index contributed by atoms with van der Waals surface area (Å²) in [5.41, 5.74) is 0.659. The Morgan fingerprint density at radius 2 is 2.15 bits per heavy atom. The van der Waals surface area contributed by atoms with Gasteiger partial charge in [-0.05, 0) is 49.4 Å². The Labute approximate surface area is 82.4 Å². The smallest absolute Gasteiger partial charge is 0.0174 e. The SMILES string of the molecule is CC=CC1CC(C)C2CCCC12C. The average Bonchev–Trinajstić information content (AvgIpc) is 2.55. The van der Waals surface area contributed by atoms with E-state index in [1.807, 2.05) is 0 Å². The first-order valence-electron chi connectivity index (χ1n) is 5.81. The molecular formula is C13H22. The van der Waals surface area contributed by atoms with Gasteiger partial charge in [-0.2, -0.15) is 0 Å². The third kappa shape index (κ3) is 1.26. The van der Waals surface area contributed by atoms with Crippen LogP contribution in [0.25, 0.3) is 0 Å². The predicted molar refractivity (Wildman–Crippen MR) is 57.5 cm³/mol. The van der Waals surface area contributed by atoms with E-state index in [-0.39, 0.29) is 0 Å². The lowest BCUT2D eigenvalue weighted by Gasteiger charge is -2.30. The molecule has 0 radical (unpaired) electrons. The summed E-state index contributed by atoms with van der Waals surface area (Å²) in [5, 5.41) is 0. The maximum Gasteiger partial charge on any atom is -0.0174 e. The van der Waals surface area contributed by atoms with E-state index < -0.39 is 0 Å². The molecule has 0 spiro atoms. The molecule has 0 aromatic heterocycles. The van der Waals surface area contributed by atoms with E-state index in [9.17, 15) is 0 Å². The van der Waals surface area contributed by atoms with Gasteiger partial charge < -0.3 is 0 Å². The molecule has 2 fully saturated rings. The summed E-state index contributed by atoms with van der Waals surface area (Å²) in [4.78, 5) is 0. The van der Waals surface area contributed by atoms with Gasteiger partial charge in [0, 0.05) is 0 Å². The van der Waals surface area contributed by atoms with E-state index in [4.69, 9.17) is 0 Å². The summed E-state index contributed by atoms with van der Waals surface area (Å²) in [6.45, 7) is 7.15. The Morgan fingerprint density at radius 1 is 1.38 bits per heavy atom. The number of hydrogen-bond acceptors (Lipinski definition) is 0. The van der Waals surface area contributed by atoms with Crippen LogP contribution in [0.15, 0.2) is 12.2 Å². The maximum absolute atomic E-state index is 2.53. The van der Waals surface area contributed by atoms with Crippen LogP contribution in [0, 0.1) is 23.2 Å². The molecule has 4 atom stereocenters. The molecule has 0 heteroatoms. The van der Waals surface area contributed by atoms with Crippen molar-refractivity contribution in [3.05, 3.63) is 12.2 Å². The molecule has 74 valence electrons. The van der Waals surface area contributed by atoms with E-state index in [2.05, 4.69) is 32.9 Å². The molecule has 0 nitrogen and oxygen atoms in total. The van der Waals surface area contributed by atoms with Crippen LogP contribution in [-0.4, -0.2) is 0 Å². The van der Waals surface area contributed by atoms with Crippen molar-refractivity contribution in [1.29, 1.82) is 0 Å². The van der Waals surface area contributed by atoms with Gasteiger partial charge in [-0.3, -0.25) is 0 Å². The molecule has 0 bridgehead atoms. The number of hydrogen-bond donors (Lipinski definition) is 0. The van der Waals surface area contributed by atoms with Gasteiger partial charge in [0.05, 0.1) is 0 Å². The molecule has 4 unspecified atom stereocenters. The van der Waals surface area contributed by atoms with Gasteiger partial charge in [-0.15, -0.1) is 0 Å². The molecule has 0 aromatic carbocycles. The van der Waals surface area contributed by atoms with E-state index in [1.165, 1.54) is 25.7 Å². The molecule has 0 aromatic rings. The summed E-state index contributed by atoms with van der Waals surface area (Å²) in [6.07, 6.45) is 10.6. The van der Waals surface area contributed by atoms with E-state index in [1.54, 1.807) is 0 Å². The fraction of sp³-hybridized carbons (Fsp3) is 0.846. The first kappa shape index (κ1) is 9.30. The predicted octanol–water partition coefficient (Wildman–Crippen LogP) is 4.02.